The highest BCUT2D eigenvalue weighted by atomic mass is 16.6. The maximum atomic E-state index is 12.2. The van der Waals surface area contributed by atoms with Crippen LogP contribution in [0, 0.1) is 0 Å². The molecule has 1 fully saturated rings. The summed E-state index contributed by atoms with van der Waals surface area (Å²) < 4.78 is 9.90. The number of hydrogen-bond acceptors (Lipinski definition) is 5. The molecule has 116 valence electrons. The lowest BCUT2D eigenvalue weighted by molar-refractivity contribution is -0.144. The number of amides is 1. The summed E-state index contributed by atoms with van der Waals surface area (Å²) >= 11 is 0. The van der Waals surface area contributed by atoms with Gasteiger partial charge in [0.05, 0.1) is 25.7 Å². The predicted molar refractivity (Wildman–Crippen MR) is 73.2 cm³/mol. The molecule has 0 bridgehead atoms. The van der Waals surface area contributed by atoms with E-state index in [1.165, 1.54) is 12.0 Å². The Bertz CT molecular complexity index is 350. The van der Waals surface area contributed by atoms with Gasteiger partial charge in [-0.05, 0) is 40.0 Å². The molecule has 0 radical (unpaired) electrons. The molecule has 1 N–H and O–H groups in total. The Kier molecular flexibility index (Phi) is 5.80. The molecule has 1 aliphatic rings. The van der Waals surface area contributed by atoms with E-state index < -0.39 is 29.8 Å². The van der Waals surface area contributed by atoms with Crippen LogP contribution >= 0.6 is 0 Å². The molecule has 1 saturated heterocycles. The zero-order chi connectivity index (χ0) is 15.3. The van der Waals surface area contributed by atoms with Gasteiger partial charge in [0, 0.05) is 6.54 Å². The van der Waals surface area contributed by atoms with Crippen molar-refractivity contribution in [1.29, 1.82) is 0 Å². The Morgan fingerprint density at radius 2 is 2.00 bits per heavy atom. The van der Waals surface area contributed by atoms with Crippen molar-refractivity contribution in [2.45, 2.75) is 64.2 Å². The summed E-state index contributed by atoms with van der Waals surface area (Å²) in [4.78, 5) is 24.9. The van der Waals surface area contributed by atoms with Crippen molar-refractivity contribution in [2.75, 3.05) is 13.7 Å². The Balaban J connectivity index is 2.70. The molecule has 0 saturated carbocycles. The number of carbonyl (C=O) groups excluding carboxylic acids is 2. The standard InChI is InChI=1S/C14H25NO5/c1-14(2,3)20-13(18)15-8-6-5-7-10(15)11(16)9-12(17)19-4/h10-11,16H,5-9H2,1-4H3/t10-,11+/m0/s1. The first kappa shape index (κ1) is 16.8. The molecule has 1 amide bonds. The molecule has 0 aromatic heterocycles. The molecule has 1 rings (SSSR count). The van der Waals surface area contributed by atoms with Crippen molar-refractivity contribution < 1.29 is 24.2 Å². The molecule has 0 aliphatic carbocycles. The van der Waals surface area contributed by atoms with Gasteiger partial charge in [-0.2, -0.15) is 0 Å². The average Bonchev–Trinajstić information content (AvgIpc) is 2.36. The highest BCUT2D eigenvalue weighted by molar-refractivity contribution is 5.71. The van der Waals surface area contributed by atoms with Crippen molar-refractivity contribution in [1.82, 2.24) is 4.90 Å². The predicted octanol–water partition coefficient (Wildman–Crippen LogP) is 1.70. The Morgan fingerprint density at radius 3 is 2.55 bits per heavy atom. The highest BCUT2D eigenvalue weighted by Crippen LogP contribution is 2.24. The number of aliphatic hydroxyl groups is 1. The van der Waals surface area contributed by atoms with Crippen molar-refractivity contribution in [2.24, 2.45) is 0 Å². The zero-order valence-corrected chi connectivity index (χ0v) is 12.7. The van der Waals surface area contributed by atoms with Crippen LogP contribution in [0.1, 0.15) is 46.5 Å². The number of nitrogens with zero attached hydrogens (tertiary/aromatic N) is 1. The van der Waals surface area contributed by atoms with Crippen LogP contribution in [0.4, 0.5) is 4.79 Å². The largest absolute Gasteiger partial charge is 0.469 e. The molecule has 2 atom stereocenters. The van der Waals surface area contributed by atoms with E-state index in [2.05, 4.69) is 4.74 Å². The summed E-state index contributed by atoms with van der Waals surface area (Å²) in [5.41, 5.74) is -0.577. The molecule has 6 nitrogen and oxygen atoms in total. The number of ether oxygens (including phenoxy) is 2. The van der Waals surface area contributed by atoms with E-state index in [4.69, 9.17) is 4.74 Å². The van der Waals surface area contributed by atoms with Crippen molar-refractivity contribution in [3.63, 3.8) is 0 Å². The fraction of sp³-hybridized carbons (Fsp3) is 0.857. The van der Waals surface area contributed by atoms with Gasteiger partial charge < -0.3 is 19.5 Å². The Hall–Kier alpha value is -1.30. The molecule has 0 unspecified atom stereocenters. The first-order valence-corrected chi connectivity index (χ1v) is 6.99. The lowest BCUT2D eigenvalue weighted by Gasteiger charge is -2.38. The number of likely N-dealkylation sites (tertiary alicyclic amines) is 1. The van der Waals surface area contributed by atoms with Crippen molar-refractivity contribution >= 4 is 12.1 Å². The van der Waals surface area contributed by atoms with E-state index in [0.29, 0.717) is 13.0 Å². The molecule has 0 aromatic rings. The number of methoxy groups -OCH3 is 1. The third kappa shape index (κ3) is 5.00. The topological polar surface area (TPSA) is 76.1 Å². The molecule has 0 spiro atoms. The SMILES string of the molecule is COC(=O)C[C@@H](O)[C@@H]1CCCCN1C(=O)OC(C)(C)C. The summed E-state index contributed by atoms with van der Waals surface area (Å²) in [6, 6.07) is -0.391. The lowest BCUT2D eigenvalue weighted by Crippen LogP contribution is -2.51. The van der Waals surface area contributed by atoms with E-state index in [1.54, 1.807) is 20.8 Å². The van der Waals surface area contributed by atoms with E-state index in [0.717, 1.165) is 12.8 Å². The summed E-state index contributed by atoms with van der Waals surface area (Å²) in [6.07, 6.45) is 0.988. The minimum absolute atomic E-state index is 0.111. The quantitative estimate of drug-likeness (QED) is 0.800. The van der Waals surface area contributed by atoms with E-state index in [-0.39, 0.29) is 6.42 Å². The van der Waals surface area contributed by atoms with E-state index >= 15 is 0 Å². The van der Waals surface area contributed by atoms with Gasteiger partial charge in [-0.1, -0.05) is 0 Å². The fourth-order valence-corrected chi connectivity index (χ4v) is 2.29. The molecule has 20 heavy (non-hydrogen) atoms. The fourth-order valence-electron chi connectivity index (χ4n) is 2.29. The number of piperidine rings is 1. The lowest BCUT2D eigenvalue weighted by atomic mass is 9.96. The van der Waals surface area contributed by atoms with Crippen LogP contribution in [0.2, 0.25) is 0 Å². The number of rotatable bonds is 3. The van der Waals surface area contributed by atoms with Crippen LogP contribution in [-0.4, -0.2) is 53.5 Å². The summed E-state index contributed by atoms with van der Waals surface area (Å²) in [6.45, 7) is 5.94. The highest BCUT2D eigenvalue weighted by Gasteiger charge is 2.35. The van der Waals surface area contributed by atoms with Gasteiger partial charge >= 0.3 is 12.1 Å². The average molecular weight is 287 g/mol. The monoisotopic (exact) mass is 287 g/mol. The zero-order valence-electron chi connectivity index (χ0n) is 12.7. The second kappa shape index (κ2) is 6.92. The van der Waals surface area contributed by atoms with Crippen molar-refractivity contribution in [3.05, 3.63) is 0 Å². The van der Waals surface area contributed by atoms with Crippen LogP contribution < -0.4 is 0 Å². The van der Waals surface area contributed by atoms with Crippen LogP contribution in [0.25, 0.3) is 0 Å². The van der Waals surface area contributed by atoms with Gasteiger partial charge in [0.15, 0.2) is 0 Å². The van der Waals surface area contributed by atoms with Gasteiger partial charge in [0.25, 0.3) is 0 Å². The van der Waals surface area contributed by atoms with Gasteiger partial charge in [0.1, 0.15) is 5.60 Å². The first-order chi connectivity index (χ1) is 9.24. The third-order valence-electron chi connectivity index (χ3n) is 3.22. The smallest absolute Gasteiger partial charge is 0.410 e. The maximum absolute atomic E-state index is 12.2. The summed E-state index contributed by atoms with van der Waals surface area (Å²) in [7, 11) is 1.28. The van der Waals surface area contributed by atoms with E-state index in [9.17, 15) is 14.7 Å². The van der Waals surface area contributed by atoms with Crippen LogP contribution in [0.3, 0.4) is 0 Å². The number of aliphatic hydroxyl groups excluding tert-OH is 1. The van der Waals surface area contributed by atoms with Gasteiger partial charge in [-0.3, -0.25) is 4.79 Å². The number of hydrogen-bond donors (Lipinski definition) is 1. The normalized spacial score (nSPS) is 21.2. The molecule has 1 heterocycles. The third-order valence-corrected chi connectivity index (χ3v) is 3.22. The van der Waals surface area contributed by atoms with Crippen LogP contribution in [-0.2, 0) is 14.3 Å². The van der Waals surface area contributed by atoms with Crippen molar-refractivity contribution in [3.8, 4) is 0 Å². The summed E-state index contributed by atoms with van der Waals surface area (Å²) in [5.74, 6) is -0.479. The van der Waals surface area contributed by atoms with E-state index in [1.807, 2.05) is 0 Å². The minimum Gasteiger partial charge on any atom is -0.469 e. The molecule has 1 aliphatic heterocycles. The maximum Gasteiger partial charge on any atom is 0.410 e. The number of carbonyl (C=O) groups is 2. The van der Waals surface area contributed by atoms with Gasteiger partial charge in [0.2, 0.25) is 0 Å². The molecular formula is C14H25NO5. The van der Waals surface area contributed by atoms with Gasteiger partial charge in [-0.25, -0.2) is 4.79 Å². The second-order valence-electron chi connectivity index (χ2n) is 6.08. The molecule has 0 aromatic carbocycles. The minimum atomic E-state index is -0.921. The Morgan fingerprint density at radius 1 is 1.35 bits per heavy atom. The number of esters is 1. The second-order valence-corrected chi connectivity index (χ2v) is 6.08. The van der Waals surface area contributed by atoms with Crippen LogP contribution in [0.5, 0.6) is 0 Å². The molecule has 6 heteroatoms. The first-order valence-electron chi connectivity index (χ1n) is 6.99. The molecular weight excluding hydrogens is 262 g/mol. The van der Waals surface area contributed by atoms with Gasteiger partial charge in [-0.15, -0.1) is 0 Å². The van der Waals surface area contributed by atoms with Crippen LogP contribution in [0.15, 0.2) is 0 Å². The Labute approximate surface area is 120 Å². The summed E-state index contributed by atoms with van der Waals surface area (Å²) in [5, 5.41) is 10.1.